The second-order valence-corrected chi connectivity index (χ2v) is 9.43. The van der Waals surface area contributed by atoms with E-state index in [1.54, 1.807) is 0 Å². The number of amides is 1. The molecule has 0 spiro atoms. The number of hydrogen-bond acceptors (Lipinski definition) is 4. The van der Waals surface area contributed by atoms with Crippen molar-refractivity contribution in [3.63, 3.8) is 0 Å². The maximum absolute atomic E-state index is 12.9. The Morgan fingerprint density at radius 1 is 1.22 bits per heavy atom. The summed E-state index contributed by atoms with van der Waals surface area (Å²) in [6.45, 7) is 5.73. The Kier molecular flexibility index (Phi) is 6.75. The number of morpholine rings is 1. The average molecular weight is 417 g/mol. The van der Waals surface area contributed by atoms with E-state index in [2.05, 4.69) is 5.32 Å². The SMILES string of the molecule is C[C@H](C(=O)Nc1cc(S(=O)(=O)N2CCCCC2)ccc1Cl)[NH+]1CCOCC1. The van der Waals surface area contributed by atoms with Crippen molar-refractivity contribution in [1.82, 2.24) is 4.31 Å². The summed E-state index contributed by atoms with van der Waals surface area (Å²) in [4.78, 5) is 13.9. The van der Waals surface area contributed by atoms with Gasteiger partial charge in [-0.1, -0.05) is 18.0 Å². The molecule has 0 aliphatic carbocycles. The Labute approximate surface area is 165 Å². The summed E-state index contributed by atoms with van der Waals surface area (Å²) < 4.78 is 32.6. The lowest BCUT2D eigenvalue weighted by atomic mass is 10.2. The van der Waals surface area contributed by atoms with E-state index in [1.807, 2.05) is 6.92 Å². The van der Waals surface area contributed by atoms with Crippen LogP contribution in [0.1, 0.15) is 26.2 Å². The summed E-state index contributed by atoms with van der Waals surface area (Å²) in [5, 5.41) is 3.13. The van der Waals surface area contributed by atoms with Crippen LogP contribution in [0.2, 0.25) is 5.02 Å². The Morgan fingerprint density at radius 3 is 2.56 bits per heavy atom. The van der Waals surface area contributed by atoms with Gasteiger partial charge in [-0.25, -0.2) is 8.42 Å². The highest BCUT2D eigenvalue weighted by atomic mass is 35.5. The predicted molar refractivity (Wildman–Crippen MR) is 104 cm³/mol. The van der Waals surface area contributed by atoms with Crippen LogP contribution in [0.25, 0.3) is 0 Å². The van der Waals surface area contributed by atoms with Crippen molar-refractivity contribution < 1.29 is 22.8 Å². The number of benzene rings is 1. The standard InChI is InChI=1S/C18H26ClN3O4S/c1-14(21-9-11-26-12-10-21)18(23)20-17-13-15(5-6-16(17)19)27(24,25)22-7-3-2-4-8-22/h5-6,13-14H,2-4,7-12H2,1H3,(H,20,23)/p+1/t14-/m1/s1. The van der Waals surface area contributed by atoms with E-state index in [4.69, 9.17) is 16.3 Å². The molecule has 150 valence electrons. The molecule has 7 nitrogen and oxygen atoms in total. The molecule has 1 aromatic carbocycles. The van der Waals surface area contributed by atoms with Gasteiger partial charge in [0, 0.05) is 13.1 Å². The smallest absolute Gasteiger partial charge is 0.282 e. The lowest BCUT2D eigenvalue weighted by Gasteiger charge is -2.28. The first-order valence-electron chi connectivity index (χ1n) is 9.42. The second-order valence-electron chi connectivity index (χ2n) is 7.09. The van der Waals surface area contributed by atoms with Crippen molar-refractivity contribution in [2.75, 3.05) is 44.7 Å². The first-order valence-corrected chi connectivity index (χ1v) is 11.2. The molecule has 2 N–H and O–H groups in total. The van der Waals surface area contributed by atoms with Crippen molar-refractivity contribution in [2.45, 2.75) is 37.1 Å². The van der Waals surface area contributed by atoms with E-state index in [-0.39, 0.29) is 16.8 Å². The first kappa shape index (κ1) is 20.5. The molecule has 27 heavy (non-hydrogen) atoms. The van der Waals surface area contributed by atoms with Gasteiger partial charge in [0.2, 0.25) is 10.0 Å². The van der Waals surface area contributed by atoms with Crippen molar-refractivity contribution in [3.05, 3.63) is 23.2 Å². The molecular formula is C18H27ClN3O4S+. The number of sulfonamides is 1. The predicted octanol–water partition coefficient (Wildman–Crippen LogP) is 0.757. The van der Waals surface area contributed by atoms with Crippen molar-refractivity contribution in [3.8, 4) is 0 Å². The molecule has 0 saturated carbocycles. The molecule has 3 rings (SSSR count). The van der Waals surface area contributed by atoms with Crippen molar-refractivity contribution >= 4 is 33.2 Å². The van der Waals surface area contributed by atoms with E-state index < -0.39 is 10.0 Å². The average Bonchev–Trinajstić information content (AvgIpc) is 2.70. The lowest BCUT2D eigenvalue weighted by molar-refractivity contribution is -0.921. The van der Waals surface area contributed by atoms with Gasteiger partial charge in [-0.2, -0.15) is 4.31 Å². The summed E-state index contributed by atoms with van der Waals surface area (Å²) in [5.41, 5.74) is 0.333. The molecular weight excluding hydrogens is 390 g/mol. The summed E-state index contributed by atoms with van der Waals surface area (Å²) >= 11 is 6.22. The summed E-state index contributed by atoms with van der Waals surface area (Å²) in [6, 6.07) is 4.22. The number of carbonyl (C=O) groups excluding carboxylic acids is 1. The minimum Gasteiger partial charge on any atom is -0.370 e. The largest absolute Gasteiger partial charge is 0.370 e. The quantitative estimate of drug-likeness (QED) is 0.742. The fourth-order valence-corrected chi connectivity index (χ4v) is 5.22. The van der Waals surface area contributed by atoms with Gasteiger partial charge in [-0.15, -0.1) is 0 Å². The van der Waals surface area contributed by atoms with Gasteiger partial charge in [-0.3, -0.25) is 4.79 Å². The van der Waals surface area contributed by atoms with Crippen LogP contribution < -0.4 is 10.2 Å². The topological polar surface area (TPSA) is 80.2 Å². The Balaban J connectivity index is 1.75. The van der Waals surface area contributed by atoms with Crippen LogP contribution in [0.5, 0.6) is 0 Å². The van der Waals surface area contributed by atoms with Crippen LogP contribution in [0.4, 0.5) is 5.69 Å². The maximum Gasteiger partial charge on any atom is 0.282 e. The second kappa shape index (κ2) is 8.87. The molecule has 1 atom stereocenters. The molecule has 0 aromatic heterocycles. The summed E-state index contributed by atoms with van der Waals surface area (Å²) in [5.74, 6) is -0.179. The molecule has 0 unspecified atom stereocenters. The zero-order valence-corrected chi connectivity index (χ0v) is 17.1. The van der Waals surface area contributed by atoms with E-state index in [0.717, 1.165) is 37.3 Å². The van der Waals surface area contributed by atoms with Gasteiger partial charge in [0.25, 0.3) is 5.91 Å². The fraction of sp³-hybridized carbons (Fsp3) is 0.611. The zero-order valence-electron chi connectivity index (χ0n) is 15.5. The first-order chi connectivity index (χ1) is 12.9. The van der Waals surface area contributed by atoms with E-state index in [9.17, 15) is 13.2 Å². The van der Waals surface area contributed by atoms with E-state index in [0.29, 0.717) is 37.0 Å². The normalized spacial score (nSPS) is 21.0. The summed E-state index contributed by atoms with van der Waals surface area (Å²) in [7, 11) is -3.58. The molecule has 1 aromatic rings. The minimum absolute atomic E-state index is 0.162. The third-order valence-corrected chi connectivity index (χ3v) is 7.51. The van der Waals surface area contributed by atoms with Crippen molar-refractivity contribution in [2.24, 2.45) is 0 Å². The van der Waals surface area contributed by atoms with Gasteiger partial charge in [0.1, 0.15) is 13.1 Å². The maximum atomic E-state index is 12.9. The number of rotatable bonds is 5. The van der Waals surface area contributed by atoms with Crippen LogP contribution in [0, 0.1) is 0 Å². The highest BCUT2D eigenvalue weighted by Crippen LogP contribution is 2.28. The molecule has 0 bridgehead atoms. The number of quaternary nitrogens is 1. The minimum atomic E-state index is -3.58. The highest BCUT2D eigenvalue weighted by Gasteiger charge is 2.29. The monoisotopic (exact) mass is 416 g/mol. The zero-order chi connectivity index (χ0) is 19.4. The third-order valence-electron chi connectivity index (χ3n) is 5.29. The van der Waals surface area contributed by atoms with Crippen molar-refractivity contribution in [1.29, 1.82) is 0 Å². The number of nitrogens with zero attached hydrogens (tertiary/aromatic N) is 1. The van der Waals surface area contributed by atoms with Crippen LogP contribution in [0.3, 0.4) is 0 Å². The Morgan fingerprint density at radius 2 is 1.89 bits per heavy atom. The number of halogens is 1. The number of hydrogen-bond donors (Lipinski definition) is 2. The highest BCUT2D eigenvalue weighted by molar-refractivity contribution is 7.89. The van der Waals surface area contributed by atoms with Crippen LogP contribution >= 0.6 is 11.6 Å². The van der Waals surface area contributed by atoms with Crippen LogP contribution in [0.15, 0.2) is 23.1 Å². The molecule has 2 aliphatic rings. The molecule has 2 fully saturated rings. The Hall–Kier alpha value is -1.19. The van der Waals surface area contributed by atoms with Crippen LogP contribution in [-0.2, 0) is 19.6 Å². The Bertz CT molecular complexity index is 775. The molecule has 1 amide bonds. The van der Waals surface area contributed by atoms with Crippen LogP contribution in [-0.4, -0.2) is 64.1 Å². The van der Waals surface area contributed by atoms with E-state index in [1.165, 1.54) is 22.5 Å². The number of nitrogens with one attached hydrogen (secondary N) is 2. The van der Waals surface area contributed by atoms with Gasteiger partial charge in [0.05, 0.1) is 28.8 Å². The van der Waals surface area contributed by atoms with Gasteiger partial charge < -0.3 is 15.0 Å². The summed E-state index contributed by atoms with van der Waals surface area (Å²) in [6.07, 6.45) is 2.79. The van der Waals surface area contributed by atoms with Gasteiger partial charge in [0.15, 0.2) is 6.04 Å². The van der Waals surface area contributed by atoms with Gasteiger partial charge >= 0.3 is 0 Å². The molecule has 2 aliphatic heterocycles. The van der Waals surface area contributed by atoms with Gasteiger partial charge in [-0.05, 0) is 38.0 Å². The molecule has 9 heteroatoms. The van der Waals surface area contributed by atoms with E-state index >= 15 is 0 Å². The number of anilines is 1. The number of piperidine rings is 1. The lowest BCUT2D eigenvalue weighted by Crippen LogP contribution is -3.18. The number of carbonyl (C=O) groups is 1. The molecule has 2 saturated heterocycles. The molecule has 0 radical (unpaired) electrons. The number of ether oxygens (including phenoxy) is 1. The third kappa shape index (κ3) is 4.81. The molecule has 2 heterocycles. The fourth-order valence-electron chi connectivity index (χ4n) is 3.51.